The molecule has 4 amide bonds. The van der Waals surface area contributed by atoms with Crippen LogP contribution in [-0.4, -0.2) is 96.8 Å². The number of carboxylic acids is 3. The molecular weight excluding hydrogens is 1300 g/mol. The van der Waals surface area contributed by atoms with Gasteiger partial charge in [-0.2, -0.15) is 0 Å². The standard InChI is InChI=1S/C50H65NO10.C29H47NO10/c52-44-34-35-45(53)51(44)61-47(55)33-23-10-6-2-4-8-12-25-37-50(48(56)59-39-42-28-18-14-19-29-42,49(57)60-40-43-30-20-15-21-31-43)36-24-11-7-3-1-5-9-22-32-46(54)58-38-41-26-16-13-17-27-41;31-23-19-20-24(32)30(23)40-26(35)18-14-10-6-2-4-8-12-16-22-29(27(36)37,28(38)39)21-15-11-7-3-1-5-9-13-17-25(33)34/h13-21,26-31H,1-12,22-25,32-40H2;1-22H2,(H,33,34)(H,36,37)(H,38,39). The molecule has 0 radical (unpaired) electrons. The van der Waals surface area contributed by atoms with Gasteiger partial charge in [0.2, 0.25) is 0 Å². The van der Waals surface area contributed by atoms with Crippen LogP contribution in [-0.2, 0) is 101 Å². The maximum Gasteiger partial charge on any atom is 0.333 e. The van der Waals surface area contributed by atoms with Crippen LogP contribution >= 0.6 is 0 Å². The van der Waals surface area contributed by atoms with Crippen LogP contribution in [0.25, 0.3) is 0 Å². The third-order valence-electron chi connectivity index (χ3n) is 18.6. The lowest BCUT2D eigenvalue weighted by Gasteiger charge is -2.30. The Labute approximate surface area is 596 Å². The van der Waals surface area contributed by atoms with Crippen LogP contribution in [0, 0.1) is 10.8 Å². The molecule has 22 heteroatoms. The van der Waals surface area contributed by atoms with Crippen LogP contribution in [0.2, 0.25) is 0 Å². The van der Waals surface area contributed by atoms with Crippen molar-refractivity contribution in [2.75, 3.05) is 0 Å². The molecule has 2 saturated heterocycles. The molecule has 2 aliphatic heterocycles. The highest BCUT2D eigenvalue weighted by atomic mass is 16.7. The number of nitrogens with zero attached hydrogens (tertiary/aromatic N) is 2. The summed E-state index contributed by atoms with van der Waals surface area (Å²) in [5.74, 6) is -7.63. The highest BCUT2D eigenvalue weighted by Gasteiger charge is 2.48. The molecule has 0 aromatic heterocycles. The molecule has 5 rings (SSSR count). The van der Waals surface area contributed by atoms with E-state index in [9.17, 15) is 67.7 Å². The molecule has 0 aliphatic carbocycles. The molecule has 3 N–H and O–H groups in total. The Morgan fingerprint density at radius 3 is 0.812 bits per heavy atom. The number of hydroxylamine groups is 4. The number of aliphatic carboxylic acids is 3. The first-order chi connectivity index (χ1) is 48.9. The van der Waals surface area contributed by atoms with Crippen molar-refractivity contribution >= 4 is 71.4 Å². The van der Waals surface area contributed by atoms with Gasteiger partial charge in [0.1, 0.15) is 19.8 Å². The Kier molecular flexibility index (Phi) is 42.9. The van der Waals surface area contributed by atoms with Gasteiger partial charge in [-0.3, -0.25) is 47.9 Å². The van der Waals surface area contributed by atoms with Gasteiger partial charge in [0.05, 0.1) is 0 Å². The van der Waals surface area contributed by atoms with Crippen molar-refractivity contribution in [1.29, 1.82) is 0 Å². The number of benzene rings is 3. The molecule has 0 atom stereocenters. The Morgan fingerprint density at radius 2 is 0.535 bits per heavy atom. The zero-order chi connectivity index (χ0) is 73.2. The van der Waals surface area contributed by atoms with Crippen molar-refractivity contribution in [3.8, 4) is 0 Å². The minimum Gasteiger partial charge on any atom is -0.481 e. The van der Waals surface area contributed by atoms with Crippen LogP contribution in [0.3, 0.4) is 0 Å². The molecule has 3 aromatic rings. The SMILES string of the molecule is O=C(CCCCCCCCCCC(CCCCCCCCCCC(=O)ON1C(=O)CCC1=O)(C(=O)OCc1ccccc1)C(=O)OCc1ccccc1)OCc1ccccc1.O=C(O)CCCCCCCCCCC(CCCCCCCCCCC(=O)ON1C(=O)CCC1=O)(C(=O)O)C(=O)O. The summed E-state index contributed by atoms with van der Waals surface area (Å²) in [5.41, 5.74) is -0.482. The summed E-state index contributed by atoms with van der Waals surface area (Å²) < 4.78 is 17.2. The summed E-state index contributed by atoms with van der Waals surface area (Å²) in [4.78, 5) is 155. The summed E-state index contributed by atoms with van der Waals surface area (Å²) in [5, 5.41) is 29.2. The van der Waals surface area contributed by atoms with Crippen molar-refractivity contribution in [2.24, 2.45) is 10.8 Å². The number of unbranched alkanes of at least 4 members (excludes halogenated alkanes) is 28. The van der Waals surface area contributed by atoms with E-state index in [4.69, 9.17) is 29.0 Å². The molecular formula is C79H112N2O20. The molecule has 0 bridgehead atoms. The average Bonchev–Trinajstić information content (AvgIpc) is 1.71. The first-order valence-electron chi connectivity index (χ1n) is 37.3. The summed E-state index contributed by atoms with van der Waals surface area (Å²) in [6.45, 7) is 0.452. The quantitative estimate of drug-likeness (QED) is 0.0155. The molecule has 0 unspecified atom stereocenters. The third-order valence-corrected chi connectivity index (χ3v) is 18.6. The number of carbonyl (C=O) groups is 12. The van der Waals surface area contributed by atoms with Gasteiger partial charge in [-0.15, -0.1) is 10.1 Å². The maximum atomic E-state index is 14.1. The lowest BCUT2D eigenvalue weighted by Crippen LogP contribution is -2.42. The minimum absolute atomic E-state index is 0.0701. The van der Waals surface area contributed by atoms with Crippen LogP contribution < -0.4 is 0 Å². The number of imide groups is 2. The zero-order valence-corrected chi connectivity index (χ0v) is 59.6. The number of hydrogen-bond acceptors (Lipinski definition) is 17. The summed E-state index contributed by atoms with van der Waals surface area (Å²) >= 11 is 0. The first-order valence-corrected chi connectivity index (χ1v) is 37.3. The number of ether oxygens (including phenoxy) is 3. The zero-order valence-electron chi connectivity index (χ0n) is 59.6. The predicted molar refractivity (Wildman–Crippen MR) is 376 cm³/mol. The van der Waals surface area contributed by atoms with E-state index in [1.54, 1.807) is 0 Å². The third kappa shape index (κ3) is 35.2. The number of carbonyl (C=O) groups excluding carboxylic acids is 9. The predicted octanol–water partition coefficient (Wildman–Crippen LogP) is 16.2. The summed E-state index contributed by atoms with van der Waals surface area (Å²) in [6, 6.07) is 28.6. The van der Waals surface area contributed by atoms with Gasteiger partial charge in [-0.05, 0) is 68.1 Å². The van der Waals surface area contributed by atoms with E-state index < -0.39 is 76.2 Å². The summed E-state index contributed by atoms with van der Waals surface area (Å²) in [7, 11) is 0. The van der Waals surface area contributed by atoms with Gasteiger partial charge in [0, 0.05) is 51.4 Å². The van der Waals surface area contributed by atoms with Gasteiger partial charge in [0.25, 0.3) is 23.6 Å². The fourth-order valence-corrected chi connectivity index (χ4v) is 12.4. The normalized spacial score (nSPS) is 13.0. The van der Waals surface area contributed by atoms with Gasteiger partial charge in [-0.25, -0.2) is 9.59 Å². The highest BCUT2D eigenvalue weighted by Crippen LogP contribution is 2.37. The number of hydrogen-bond donors (Lipinski definition) is 3. The molecule has 2 aliphatic rings. The maximum absolute atomic E-state index is 14.1. The first kappa shape index (κ1) is 85.1. The van der Waals surface area contributed by atoms with Crippen molar-refractivity contribution in [1.82, 2.24) is 10.1 Å². The second-order valence-electron chi connectivity index (χ2n) is 26.8. The Bertz CT molecular complexity index is 2870. The Balaban J connectivity index is 0.000000469. The number of amides is 4. The van der Waals surface area contributed by atoms with Crippen LogP contribution in [0.1, 0.15) is 299 Å². The van der Waals surface area contributed by atoms with Gasteiger partial charge >= 0.3 is 47.8 Å². The monoisotopic (exact) mass is 1410 g/mol. The van der Waals surface area contributed by atoms with Gasteiger partial charge in [-0.1, -0.05) is 271 Å². The largest absolute Gasteiger partial charge is 0.481 e. The van der Waals surface area contributed by atoms with E-state index in [-0.39, 0.29) is 77.0 Å². The molecule has 558 valence electrons. The smallest absolute Gasteiger partial charge is 0.333 e. The Morgan fingerprint density at radius 1 is 0.297 bits per heavy atom. The molecule has 22 nitrogen and oxygen atoms in total. The highest BCUT2D eigenvalue weighted by molar-refractivity contribution is 6.02. The fourth-order valence-electron chi connectivity index (χ4n) is 12.4. The van der Waals surface area contributed by atoms with Crippen LogP contribution in [0.15, 0.2) is 91.0 Å². The Hall–Kier alpha value is -8.30. The fraction of sp³-hybridized carbons (Fsp3) is 0.620. The van der Waals surface area contributed by atoms with Crippen molar-refractivity contribution in [3.63, 3.8) is 0 Å². The van der Waals surface area contributed by atoms with E-state index in [1.807, 2.05) is 91.0 Å². The summed E-state index contributed by atoms with van der Waals surface area (Å²) in [6.07, 6.45) is 29.4. The van der Waals surface area contributed by atoms with Crippen molar-refractivity contribution in [3.05, 3.63) is 108 Å². The molecule has 101 heavy (non-hydrogen) atoms. The lowest BCUT2D eigenvalue weighted by atomic mass is 9.77. The van der Waals surface area contributed by atoms with E-state index in [2.05, 4.69) is 0 Å². The number of rotatable bonds is 56. The van der Waals surface area contributed by atoms with Crippen LogP contribution in [0.5, 0.6) is 0 Å². The van der Waals surface area contributed by atoms with Crippen LogP contribution in [0.4, 0.5) is 0 Å². The van der Waals surface area contributed by atoms with Crippen molar-refractivity contribution < 1.29 is 96.7 Å². The number of carboxylic acid groups (broad SMARTS) is 3. The van der Waals surface area contributed by atoms with E-state index in [1.165, 1.54) is 0 Å². The van der Waals surface area contributed by atoms with E-state index in [0.29, 0.717) is 80.9 Å². The van der Waals surface area contributed by atoms with E-state index >= 15 is 0 Å². The molecule has 2 fully saturated rings. The second kappa shape index (κ2) is 50.9. The van der Waals surface area contributed by atoms with Crippen molar-refractivity contribution in [2.45, 2.75) is 302 Å². The second-order valence-corrected chi connectivity index (χ2v) is 26.8. The topological polar surface area (TPSA) is 318 Å². The van der Waals surface area contributed by atoms with Gasteiger partial charge in [0.15, 0.2) is 10.8 Å². The van der Waals surface area contributed by atoms with Gasteiger partial charge < -0.3 is 39.2 Å². The lowest BCUT2D eigenvalue weighted by molar-refractivity contribution is -0.197. The molecule has 0 spiro atoms. The number of esters is 3. The minimum atomic E-state index is -1.74. The molecule has 0 saturated carbocycles. The average molecular weight is 1410 g/mol. The van der Waals surface area contributed by atoms with E-state index in [0.717, 1.165) is 177 Å². The molecule has 2 heterocycles. The molecule has 3 aromatic carbocycles.